The molecule has 1 nitrogen and oxygen atoms in total. The molecule has 2 aromatic carbocycles. The van der Waals surface area contributed by atoms with E-state index < -0.39 is 0 Å². The number of nitrogens with one attached hydrogen (secondary N) is 1. The van der Waals surface area contributed by atoms with Gasteiger partial charge in [-0.2, -0.15) is 5.69 Å². The predicted molar refractivity (Wildman–Crippen MR) is 128 cm³/mol. The summed E-state index contributed by atoms with van der Waals surface area (Å²) in [5.41, 5.74) is 10.1. The van der Waals surface area contributed by atoms with Crippen LogP contribution in [0.4, 0.5) is 5.69 Å². The molecule has 0 fully saturated rings. The summed E-state index contributed by atoms with van der Waals surface area (Å²) in [6.07, 6.45) is 0. The molecule has 2 rings (SSSR count). The minimum atomic E-state index is 0. The molecule has 2 aromatic rings. The first-order valence-corrected chi connectivity index (χ1v) is 10.7. The van der Waals surface area contributed by atoms with Crippen LogP contribution in [0.5, 0.6) is 0 Å². The van der Waals surface area contributed by atoms with Crippen molar-refractivity contribution in [1.29, 1.82) is 0 Å². The van der Waals surface area contributed by atoms with Crippen LogP contribution < -0.4 is 0 Å². The third-order valence-electron chi connectivity index (χ3n) is 3.94. The molecule has 0 radical (unpaired) electrons. The molecule has 0 saturated carbocycles. The molecular weight excluding hydrogens is 475 g/mol. The molecule has 4 heteroatoms. The normalized spacial score (nSPS) is 11.6. The third-order valence-corrected chi connectivity index (χ3v) is 7.96. The van der Waals surface area contributed by atoms with Crippen LogP contribution in [0.25, 0.3) is 16.9 Å². The predicted octanol–water partition coefficient (Wildman–Crippen LogP) is 9.12. The summed E-state index contributed by atoms with van der Waals surface area (Å²) >= 11 is 0. The van der Waals surface area contributed by atoms with Gasteiger partial charge in [-0.25, -0.2) is 0 Å². The van der Waals surface area contributed by atoms with Crippen molar-refractivity contribution in [2.75, 3.05) is 0 Å². The minimum absolute atomic E-state index is 0. The zero-order chi connectivity index (χ0) is 20.2. The maximum atomic E-state index is 7.69. The van der Waals surface area contributed by atoms with Gasteiger partial charge in [0.15, 0.2) is 0 Å². The number of hydrogen-bond donors (Lipinski definition) is 0. The summed E-state index contributed by atoms with van der Waals surface area (Å²) in [7, 11) is 0.0162. The summed E-state index contributed by atoms with van der Waals surface area (Å²) in [4.78, 5) is 0. The van der Waals surface area contributed by atoms with E-state index in [4.69, 9.17) is 5.73 Å². The Morgan fingerprint density at radius 3 is 1.46 bits per heavy atom. The van der Waals surface area contributed by atoms with Crippen LogP contribution in [-0.2, 0) is 20.4 Å². The van der Waals surface area contributed by atoms with E-state index in [2.05, 4.69) is 68.4 Å². The Balaban J connectivity index is 0. The van der Waals surface area contributed by atoms with Gasteiger partial charge in [0, 0.05) is 0 Å². The van der Waals surface area contributed by atoms with Crippen LogP contribution in [0.3, 0.4) is 0 Å². The number of benzene rings is 2. The van der Waals surface area contributed by atoms with Gasteiger partial charge in [-0.3, -0.25) is 0 Å². The third kappa shape index (κ3) is 9.41. The van der Waals surface area contributed by atoms with Crippen LogP contribution in [0.1, 0.15) is 62.3 Å². The summed E-state index contributed by atoms with van der Waals surface area (Å²) in [6, 6.07) is 18.4. The van der Waals surface area contributed by atoms with Crippen molar-refractivity contribution >= 4 is 26.0 Å². The first-order valence-electron chi connectivity index (χ1n) is 9.33. The Morgan fingerprint density at radius 2 is 1.14 bits per heavy atom. The van der Waals surface area contributed by atoms with Crippen molar-refractivity contribution in [3.63, 3.8) is 0 Å². The van der Waals surface area contributed by atoms with Crippen molar-refractivity contribution in [2.45, 2.75) is 77.8 Å². The first kappa shape index (κ1) is 29.8. The molecule has 28 heavy (non-hydrogen) atoms. The Bertz CT molecular complexity index is 649. The Morgan fingerprint density at radius 1 is 0.714 bits per heavy atom. The second kappa shape index (κ2) is 11.7. The summed E-state index contributed by atoms with van der Waals surface area (Å²) < 4.78 is 0. The van der Waals surface area contributed by atoms with Crippen LogP contribution >= 0.6 is 20.3 Å². The fraction of sp³-hybridized carbons (Fsp3) is 0.500. The summed E-state index contributed by atoms with van der Waals surface area (Å²) in [5.74, 6) is 0. The maximum Gasteiger partial charge on any atom is 2.00 e. The fourth-order valence-corrected chi connectivity index (χ4v) is 10.3. The van der Waals surface area contributed by atoms with E-state index in [0.717, 1.165) is 11.1 Å². The molecule has 0 aliphatic heterocycles. The van der Waals surface area contributed by atoms with Gasteiger partial charge in [-0.05, 0) is 15.5 Å². The number of halogens is 1. The summed E-state index contributed by atoms with van der Waals surface area (Å²) in [6.45, 7) is 21.5. The average molecular weight is 512 g/mol. The molecule has 0 amide bonds. The monoisotopic (exact) mass is 511 g/mol. The molecule has 0 aliphatic carbocycles. The fourth-order valence-electron chi connectivity index (χ4n) is 4.30. The minimum Gasteiger partial charge on any atom is -0.706 e. The molecule has 0 bridgehead atoms. The van der Waals surface area contributed by atoms with E-state index in [-0.39, 0.29) is 40.8 Å². The van der Waals surface area contributed by atoms with Gasteiger partial charge in [0.05, 0.1) is 0 Å². The van der Waals surface area contributed by atoms with E-state index in [1.165, 1.54) is 0 Å². The standard InChI is InChI=1S/C12H9N.C12H27P.ClH.Pd/c13-12-9-5-4-8-11(12)10-6-2-1-3-7-10;1-10(2,3)13(11(4,5)6)12(7,8)9;;/h1-6,8-9,13H;1-9H3;1H;/q-2;;;+2. The zero-order valence-electron chi connectivity index (χ0n) is 18.8. The molecule has 0 spiro atoms. The Hall–Kier alpha value is -0.378. The van der Waals surface area contributed by atoms with Crippen LogP contribution in [0.15, 0.2) is 48.5 Å². The SMILES string of the molecule is CC(C)(C)P(C(C)(C)C)C(C)(C)C.Cl.[NH-]c1ccccc1-c1[c-]cccc1.[Pd+2]. The number of rotatable bonds is 1. The average Bonchev–Trinajstić information content (AvgIpc) is 2.44. The first-order chi connectivity index (χ1) is 11.7. The molecule has 0 atom stereocenters. The molecule has 0 aliphatic rings. The maximum absolute atomic E-state index is 7.69. The second-order valence-electron chi connectivity index (χ2n) is 9.67. The second-order valence-corrected chi connectivity index (χ2v) is 14.4. The smallest absolute Gasteiger partial charge is 0.706 e. The van der Waals surface area contributed by atoms with Gasteiger partial charge < -0.3 is 5.73 Å². The summed E-state index contributed by atoms with van der Waals surface area (Å²) in [5, 5.41) is 1.35. The molecule has 160 valence electrons. The van der Waals surface area contributed by atoms with Gasteiger partial charge >= 0.3 is 20.4 Å². The van der Waals surface area contributed by atoms with Crippen LogP contribution in [0, 0.1) is 6.07 Å². The van der Waals surface area contributed by atoms with Gasteiger partial charge in [0.2, 0.25) is 0 Å². The van der Waals surface area contributed by atoms with E-state index in [1.807, 2.05) is 42.5 Å². The van der Waals surface area contributed by atoms with E-state index >= 15 is 0 Å². The quantitative estimate of drug-likeness (QED) is 0.207. The molecule has 1 N–H and O–H groups in total. The van der Waals surface area contributed by atoms with Crippen molar-refractivity contribution in [3.8, 4) is 11.1 Å². The molecule has 0 heterocycles. The van der Waals surface area contributed by atoms with Crippen molar-refractivity contribution in [3.05, 3.63) is 60.3 Å². The largest absolute Gasteiger partial charge is 2.00 e. The van der Waals surface area contributed by atoms with Gasteiger partial charge in [-0.1, -0.05) is 94.5 Å². The Labute approximate surface area is 195 Å². The molecule has 0 aromatic heterocycles. The molecule has 0 unspecified atom stereocenters. The molecular formula is C24H37ClNPPd. The van der Waals surface area contributed by atoms with Gasteiger partial charge in [0.1, 0.15) is 0 Å². The van der Waals surface area contributed by atoms with E-state index in [9.17, 15) is 0 Å². The Kier molecular flexibility index (Phi) is 12.5. The molecule has 0 saturated heterocycles. The van der Waals surface area contributed by atoms with Crippen molar-refractivity contribution < 1.29 is 20.4 Å². The van der Waals surface area contributed by atoms with Crippen LogP contribution in [-0.4, -0.2) is 15.5 Å². The zero-order valence-corrected chi connectivity index (χ0v) is 22.1. The van der Waals surface area contributed by atoms with Gasteiger partial charge in [-0.15, -0.1) is 53.9 Å². The van der Waals surface area contributed by atoms with Crippen LogP contribution in [0.2, 0.25) is 0 Å². The van der Waals surface area contributed by atoms with E-state index in [0.29, 0.717) is 21.2 Å². The topological polar surface area (TPSA) is 23.8 Å². The van der Waals surface area contributed by atoms with Crippen molar-refractivity contribution in [2.24, 2.45) is 0 Å². The van der Waals surface area contributed by atoms with Gasteiger partial charge in [0.25, 0.3) is 0 Å². The van der Waals surface area contributed by atoms with Crippen molar-refractivity contribution in [1.82, 2.24) is 0 Å². The van der Waals surface area contributed by atoms with E-state index in [1.54, 1.807) is 6.07 Å². The number of hydrogen-bond acceptors (Lipinski definition) is 0.